The van der Waals surface area contributed by atoms with Crippen LogP contribution in [0.15, 0.2) is 24.7 Å². The lowest BCUT2D eigenvalue weighted by molar-refractivity contribution is 0.398. The van der Waals surface area contributed by atoms with Gasteiger partial charge in [-0.2, -0.15) is 5.10 Å². The number of nitrogens with one attached hydrogen (secondary N) is 1. The number of hydrogen-bond donors (Lipinski definition) is 1. The molecule has 1 atom stereocenters. The van der Waals surface area contributed by atoms with Gasteiger partial charge in [0.05, 0.1) is 19.3 Å². The van der Waals surface area contributed by atoms with Crippen LogP contribution in [0.1, 0.15) is 43.1 Å². The van der Waals surface area contributed by atoms with Crippen LogP contribution in [0.2, 0.25) is 0 Å². The molecule has 2 aromatic heterocycles. The summed E-state index contributed by atoms with van der Waals surface area (Å²) in [6.07, 6.45) is 6.57. The first-order valence-electron chi connectivity index (χ1n) is 7.46. The summed E-state index contributed by atoms with van der Waals surface area (Å²) < 4.78 is 7.54. The van der Waals surface area contributed by atoms with E-state index in [1.54, 1.807) is 13.3 Å². The van der Waals surface area contributed by atoms with E-state index < -0.39 is 0 Å². The summed E-state index contributed by atoms with van der Waals surface area (Å²) >= 11 is 0. The largest absolute Gasteiger partial charge is 0.493 e. The van der Waals surface area contributed by atoms with Crippen LogP contribution in [-0.4, -0.2) is 28.4 Å². The molecular formula is C16H24N4O. The van der Waals surface area contributed by atoms with Crippen molar-refractivity contribution < 1.29 is 4.74 Å². The SMILES string of the molecule is CCCn1ncc(OC)c1C(NCC)c1cnccc1C. The summed E-state index contributed by atoms with van der Waals surface area (Å²) in [6, 6.07) is 2.07. The Morgan fingerprint density at radius 1 is 1.33 bits per heavy atom. The lowest BCUT2D eigenvalue weighted by Gasteiger charge is -2.22. The molecule has 0 bridgehead atoms. The van der Waals surface area contributed by atoms with E-state index in [2.05, 4.69) is 36.2 Å². The van der Waals surface area contributed by atoms with E-state index in [0.717, 1.165) is 36.5 Å². The maximum absolute atomic E-state index is 5.52. The van der Waals surface area contributed by atoms with Gasteiger partial charge >= 0.3 is 0 Å². The highest BCUT2D eigenvalue weighted by Crippen LogP contribution is 2.31. The van der Waals surface area contributed by atoms with Crippen LogP contribution in [0, 0.1) is 6.92 Å². The van der Waals surface area contributed by atoms with Gasteiger partial charge in [0.15, 0.2) is 5.75 Å². The second-order valence-corrected chi connectivity index (χ2v) is 5.04. The Bertz CT molecular complexity index is 579. The topological polar surface area (TPSA) is 52.0 Å². The van der Waals surface area contributed by atoms with Crippen molar-refractivity contribution in [1.29, 1.82) is 0 Å². The highest BCUT2D eigenvalue weighted by atomic mass is 16.5. The highest BCUT2D eigenvalue weighted by Gasteiger charge is 2.24. The third-order valence-corrected chi connectivity index (χ3v) is 3.57. The quantitative estimate of drug-likeness (QED) is 0.851. The molecule has 2 rings (SSSR count). The maximum Gasteiger partial charge on any atom is 0.161 e. The predicted octanol–water partition coefficient (Wildman–Crippen LogP) is 2.70. The first-order valence-corrected chi connectivity index (χ1v) is 7.46. The van der Waals surface area contributed by atoms with Gasteiger partial charge in [-0.15, -0.1) is 0 Å². The second-order valence-electron chi connectivity index (χ2n) is 5.04. The van der Waals surface area contributed by atoms with Crippen molar-refractivity contribution >= 4 is 0 Å². The standard InChI is InChI=1S/C16H24N4O/c1-5-9-20-16(14(21-4)11-19-20)15(18-6-2)13-10-17-8-7-12(13)3/h7-8,10-11,15,18H,5-6,9H2,1-4H3. The lowest BCUT2D eigenvalue weighted by atomic mass is 10.0. The summed E-state index contributed by atoms with van der Waals surface area (Å²) in [5.74, 6) is 0.817. The smallest absolute Gasteiger partial charge is 0.161 e. The van der Waals surface area contributed by atoms with Gasteiger partial charge in [-0.25, -0.2) is 0 Å². The second kappa shape index (κ2) is 7.22. The van der Waals surface area contributed by atoms with Crippen LogP contribution in [0.25, 0.3) is 0 Å². The van der Waals surface area contributed by atoms with E-state index in [9.17, 15) is 0 Å². The molecule has 21 heavy (non-hydrogen) atoms. The van der Waals surface area contributed by atoms with E-state index in [0.29, 0.717) is 0 Å². The van der Waals surface area contributed by atoms with Gasteiger partial charge in [-0.3, -0.25) is 9.67 Å². The molecule has 0 aliphatic rings. The Kier molecular flexibility index (Phi) is 5.33. The lowest BCUT2D eigenvalue weighted by Crippen LogP contribution is -2.26. The number of aryl methyl sites for hydroxylation is 2. The highest BCUT2D eigenvalue weighted by molar-refractivity contribution is 5.38. The molecule has 0 spiro atoms. The molecule has 5 nitrogen and oxygen atoms in total. The fourth-order valence-corrected chi connectivity index (χ4v) is 2.55. The molecule has 0 radical (unpaired) electrons. The van der Waals surface area contributed by atoms with Gasteiger partial charge < -0.3 is 10.1 Å². The number of ether oxygens (including phenoxy) is 1. The van der Waals surface area contributed by atoms with Crippen LogP contribution >= 0.6 is 0 Å². The zero-order valence-corrected chi connectivity index (χ0v) is 13.3. The van der Waals surface area contributed by atoms with E-state index in [1.807, 2.05) is 23.1 Å². The Hall–Kier alpha value is -1.88. The third-order valence-electron chi connectivity index (χ3n) is 3.57. The molecule has 0 saturated carbocycles. The van der Waals surface area contributed by atoms with Crippen molar-refractivity contribution in [2.24, 2.45) is 0 Å². The molecule has 2 aromatic rings. The number of methoxy groups -OCH3 is 1. The Morgan fingerprint density at radius 2 is 2.14 bits per heavy atom. The molecule has 0 fully saturated rings. The summed E-state index contributed by atoms with van der Waals surface area (Å²) in [7, 11) is 1.69. The molecule has 0 amide bonds. The summed E-state index contributed by atoms with van der Waals surface area (Å²) in [4.78, 5) is 4.28. The molecule has 1 unspecified atom stereocenters. The van der Waals surface area contributed by atoms with Crippen molar-refractivity contribution in [1.82, 2.24) is 20.1 Å². The summed E-state index contributed by atoms with van der Waals surface area (Å²) in [5.41, 5.74) is 3.44. The third kappa shape index (κ3) is 3.24. The molecule has 5 heteroatoms. The molecule has 0 aliphatic carbocycles. The first kappa shape index (κ1) is 15.5. The average molecular weight is 288 g/mol. The Labute approximate surface area is 126 Å². The van der Waals surface area contributed by atoms with Crippen molar-refractivity contribution in [3.05, 3.63) is 41.5 Å². The zero-order valence-electron chi connectivity index (χ0n) is 13.3. The Morgan fingerprint density at radius 3 is 2.76 bits per heavy atom. The van der Waals surface area contributed by atoms with Gasteiger partial charge in [0.2, 0.25) is 0 Å². The molecule has 0 aromatic carbocycles. The van der Waals surface area contributed by atoms with Crippen molar-refractivity contribution in [2.75, 3.05) is 13.7 Å². The van der Waals surface area contributed by atoms with Crippen LogP contribution < -0.4 is 10.1 Å². The molecule has 0 aliphatic heterocycles. The number of aromatic nitrogens is 3. The Balaban J connectivity index is 2.52. The summed E-state index contributed by atoms with van der Waals surface area (Å²) in [6.45, 7) is 8.09. The molecular weight excluding hydrogens is 264 g/mol. The van der Waals surface area contributed by atoms with Crippen LogP contribution in [0.4, 0.5) is 0 Å². The zero-order chi connectivity index (χ0) is 15.2. The monoisotopic (exact) mass is 288 g/mol. The van der Waals surface area contributed by atoms with E-state index in [4.69, 9.17) is 4.74 Å². The number of rotatable bonds is 7. The number of pyridine rings is 1. The maximum atomic E-state index is 5.52. The van der Waals surface area contributed by atoms with Gasteiger partial charge in [-0.05, 0) is 37.1 Å². The van der Waals surface area contributed by atoms with Crippen LogP contribution in [0.3, 0.4) is 0 Å². The summed E-state index contributed by atoms with van der Waals surface area (Å²) in [5, 5.41) is 8.00. The minimum atomic E-state index is 0.0349. The first-order chi connectivity index (χ1) is 10.2. The normalized spacial score (nSPS) is 12.4. The van der Waals surface area contributed by atoms with E-state index in [1.165, 1.54) is 5.56 Å². The van der Waals surface area contributed by atoms with Crippen molar-refractivity contribution in [3.8, 4) is 5.75 Å². The molecule has 2 heterocycles. The molecule has 0 saturated heterocycles. The average Bonchev–Trinajstić information content (AvgIpc) is 2.89. The van der Waals surface area contributed by atoms with E-state index in [-0.39, 0.29) is 6.04 Å². The number of hydrogen-bond acceptors (Lipinski definition) is 4. The van der Waals surface area contributed by atoms with Crippen molar-refractivity contribution in [3.63, 3.8) is 0 Å². The van der Waals surface area contributed by atoms with E-state index >= 15 is 0 Å². The van der Waals surface area contributed by atoms with Crippen LogP contribution in [-0.2, 0) is 6.54 Å². The van der Waals surface area contributed by atoms with Crippen molar-refractivity contribution in [2.45, 2.75) is 39.8 Å². The molecule has 114 valence electrons. The van der Waals surface area contributed by atoms with Gasteiger partial charge in [0.25, 0.3) is 0 Å². The fraction of sp³-hybridized carbons (Fsp3) is 0.500. The minimum Gasteiger partial charge on any atom is -0.493 e. The minimum absolute atomic E-state index is 0.0349. The molecule has 1 N–H and O–H groups in total. The fourth-order valence-electron chi connectivity index (χ4n) is 2.55. The predicted molar refractivity (Wildman–Crippen MR) is 83.6 cm³/mol. The van der Waals surface area contributed by atoms with Gasteiger partial charge in [0, 0.05) is 18.9 Å². The van der Waals surface area contributed by atoms with Gasteiger partial charge in [0.1, 0.15) is 5.69 Å². The number of nitrogens with zero attached hydrogens (tertiary/aromatic N) is 3. The van der Waals surface area contributed by atoms with Gasteiger partial charge in [-0.1, -0.05) is 13.8 Å². The van der Waals surface area contributed by atoms with Crippen LogP contribution in [0.5, 0.6) is 5.75 Å².